The summed E-state index contributed by atoms with van der Waals surface area (Å²) in [6.07, 6.45) is -1.29. The number of carbonyl (C=O) groups excluding carboxylic acids is 1. The van der Waals surface area contributed by atoms with E-state index in [-0.39, 0.29) is 23.2 Å². The molecular formula is C26H21F3N6O2S. The Morgan fingerprint density at radius 3 is 2.84 bits per heavy atom. The van der Waals surface area contributed by atoms with E-state index in [1.165, 1.54) is 12.4 Å². The van der Waals surface area contributed by atoms with E-state index in [0.29, 0.717) is 36.3 Å². The van der Waals surface area contributed by atoms with Crippen molar-refractivity contribution in [2.24, 2.45) is 5.92 Å². The molecular weight excluding hydrogens is 517 g/mol. The van der Waals surface area contributed by atoms with Gasteiger partial charge in [0.05, 0.1) is 21.2 Å². The van der Waals surface area contributed by atoms with E-state index in [1.54, 1.807) is 6.07 Å². The first-order chi connectivity index (χ1) is 18.2. The van der Waals surface area contributed by atoms with Gasteiger partial charge >= 0.3 is 11.0 Å². The molecule has 0 aliphatic heterocycles. The third-order valence-corrected chi connectivity index (χ3v) is 7.60. The summed E-state index contributed by atoms with van der Waals surface area (Å²) in [5.41, 5.74) is 3.76. The smallest absolute Gasteiger partial charge is 0.352 e. The highest BCUT2D eigenvalue weighted by Crippen LogP contribution is 2.36. The molecule has 0 bridgehead atoms. The number of nitrogens with zero attached hydrogens (tertiary/aromatic N) is 2. The lowest BCUT2D eigenvalue weighted by molar-refractivity contribution is -0.137. The molecule has 8 nitrogen and oxygen atoms in total. The van der Waals surface area contributed by atoms with E-state index in [0.717, 1.165) is 56.0 Å². The van der Waals surface area contributed by atoms with Crippen molar-refractivity contribution in [3.8, 4) is 0 Å². The molecule has 1 aliphatic rings. The lowest BCUT2D eigenvalue weighted by Gasteiger charge is -2.22. The standard InChI is InChI=1S/C26H21F3N6O2S/c27-26(28,29)15-3-1-2-13(8-15)11-30-24(36)14-4-6-18-17(9-14)21-22(31-12-32-23(21)34-18)33-16-5-7-19-20(10-16)38-25(37)35-19/h1-3,5,7-8,10,12,14H,4,6,9,11H2,(H,30,36)(H,35,37)(H2,31,32,33,34)/t14-/m0/s1. The van der Waals surface area contributed by atoms with E-state index in [9.17, 15) is 22.8 Å². The first kappa shape index (κ1) is 24.2. The Morgan fingerprint density at radius 1 is 1.13 bits per heavy atom. The number of fused-ring (bicyclic) bond motifs is 4. The molecule has 1 aliphatic carbocycles. The van der Waals surface area contributed by atoms with Crippen LogP contribution in [0.5, 0.6) is 0 Å². The van der Waals surface area contributed by atoms with Gasteiger partial charge in [0.25, 0.3) is 0 Å². The topological polar surface area (TPSA) is 116 Å². The van der Waals surface area contributed by atoms with E-state index >= 15 is 0 Å². The van der Waals surface area contributed by atoms with Gasteiger partial charge in [0.2, 0.25) is 5.91 Å². The molecule has 0 fully saturated rings. The molecule has 3 heterocycles. The number of benzene rings is 2. The summed E-state index contributed by atoms with van der Waals surface area (Å²) in [5.74, 6) is 0.0372. The van der Waals surface area contributed by atoms with Crippen LogP contribution in [0.2, 0.25) is 0 Å². The number of alkyl halides is 3. The van der Waals surface area contributed by atoms with Crippen LogP contribution in [0.4, 0.5) is 24.7 Å². The van der Waals surface area contributed by atoms with Crippen molar-refractivity contribution in [1.82, 2.24) is 25.3 Å². The van der Waals surface area contributed by atoms with Gasteiger partial charge < -0.3 is 20.6 Å². The van der Waals surface area contributed by atoms with E-state index in [2.05, 4.69) is 30.6 Å². The molecule has 2 aromatic carbocycles. The van der Waals surface area contributed by atoms with Crippen LogP contribution in [0.3, 0.4) is 0 Å². The van der Waals surface area contributed by atoms with Gasteiger partial charge in [-0.25, -0.2) is 9.97 Å². The molecule has 4 N–H and O–H groups in total. The van der Waals surface area contributed by atoms with Crippen molar-refractivity contribution < 1.29 is 18.0 Å². The second-order valence-corrected chi connectivity index (χ2v) is 10.2. The predicted octanol–water partition coefficient (Wildman–Crippen LogP) is 5.04. The number of rotatable bonds is 5. The largest absolute Gasteiger partial charge is 0.416 e. The summed E-state index contributed by atoms with van der Waals surface area (Å²) < 4.78 is 39.9. The highest BCUT2D eigenvalue weighted by atomic mass is 32.1. The number of aryl methyl sites for hydroxylation is 1. The molecule has 6 rings (SSSR count). The maximum absolute atomic E-state index is 13.0. The Balaban J connectivity index is 1.22. The fraction of sp³-hybridized carbons (Fsp3) is 0.231. The number of carbonyl (C=O) groups is 1. The van der Waals surface area contributed by atoms with Gasteiger partial charge in [0.15, 0.2) is 0 Å². The van der Waals surface area contributed by atoms with Crippen LogP contribution in [0.15, 0.2) is 53.6 Å². The molecule has 0 saturated heterocycles. The van der Waals surface area contributed by atoms with Gasteiger partial charge in [-0.3, -0.25) is 9.59 Å². The predicted molar refractivity (Wildman–Crippen MR) is 138 cm³/mol. The molecule has 0 radical (unpaired) electrons. The lowest BCUT2D eigenvalue weighted by atomic mass is 9.86. The van der Waals surface area contributed by atoms with Crippen molar-refractivity contribution in [2.75, 3.05) is 5.32 Å². The molecule has 194 valence electrons. The van der Waals surface area contributed by atoms with Gasteiger partial charge in [0, 0.05) is 23.8 Å². The van der Waals surface area contributed by atoms with Gasteiger partial charge in [-0.1, -0.05) is 23.5 Å². The third-order valence-electron chi connectivity index (χ3n) is 6.75. The maximum atomic E-state index is 13.0. The summed E-state index contributed by atoms with van der Waals surface area (Å²) in [6, 6.07) is 10.5. The molecule has 1 amide bonds. The van der Waals surface area contributed by atoms with Gasteiger partial charge in [-0.15, -0.1) is 0 Å². The molecule has 1 atom stereocenters. The average molecular weight is 539 g/mol. The minimum atomic E-state index is -4.43. The van der Waals surface area contributed by atoms with Crippen LogP contribution in [-0.2, 0) is 30.4 Å². The third kappa shape index (κ3) is 4.62. The Morgan fingerprint density at radius 2 is 2.00 bits per heavy atom. The van der Waals surface area contributed by atoms with Crippen LogP contribution in [0.1, 0.15) is 28.8 Å². The number of H-pyrrole nitrogens is 2. The van der Waals surface area contributed by atoms with Crippen LogP contribution < -0.4 is 15.5 Å². The molecule has 5 aromatic rings. The summed E-state index contributed by atoms with van der Waals surface area (Å²) in [6.45, 7) is 0.0175. The van der Waals surface area contributed by atoms with Gasteiger partial charge in [-0.2, -0.15) is 13.2 Å². The summed E-state index contributed by atoms with van der Waals surface area (Å²) in [4.78, 5) is 39.5. The van der Waals surface area contributed by atoms with Crippen LogP contribution in [-0.4, -0.2) is 25.8 Å². The van der Waals surface area contributed by atoms with Crippen molar-refractivity contribution >= 4 is 50.0 Å². The highest BCUT2D eigenvalue weighted by molar-refractivity contribution is 7.16. The number of aromatic amines is 2. The summed E-state index contributed by atoms with van der Waals surface area (Å²) >= 11 is 1.12. The molecule has 0 unspecified atom stereocenters. The minimum absolute atomic E-state index is 0.0175. The Hall–Kier alpha value is -4.19. The van der Waals surface area contributed by atoms with E-state index in [4.69, 9.17) is 0 Å². The van der Waals surface area contributed by atoms with Crippen molar-refractivity contribution in [2.45, 2.75) is 32.0 Å². The number of nitrogens with one attached hydrogen (secondary N) is 4. The Bertz CT molecular complexity index is 1740. The second kappa shape index (κ2) is 9.28. The number of amides is 1. The fourth-order valence-electron chi connectivity index (χ4n) is 4.91. The maximum Gasteiger partial charge on any atom is 0.416 e. The zero-order valence-electron chi connectivity index (χ0n) is 19.8. The molecule has 0 spiro atoms. The lowest BCUT2D eigenvalue weighted by Crippen LogP contribution is -2.33. The normalized spacial score (nSPS) is 15.5. The first-order valence-electron chi connectivity index (χ1n) is 11.9. The number of anilines is 2. The molecule has 0 saturated carbocycles. The zero-order valence-corrected chi connectivity index (χ0v) is 20.6. The molecule has 3 aromatic heterocycles. The second-order valence-electron chi connectivity index (χ2n) is 9.23. The van der Waals surface area contributed by atoms with E-state index in [1.807, 2.05) is 18.2 Å². The SMILES string of the molecule is O=C(NCc1cccc(C(F)(F)F)c1)[C@H]1CCc2[nH]c3ncnc(Nc4ccc5[nH]c(=O)sc5c4)c3c2C1. The summed E-state index contributed by atoms with van der Waals surface area (Å²) in [7, 11) is 0. The fourth-order valence-corrected chi connectivity index (χ4v) is 5.69. The first-order valence-corrected chi connectivity index (χ1v) is 12.7. The van der Waals surface area contributed by atoms with Crippen LogP contribution in [0.25, 0.3) is 21.3 Å². The quantitative estimate of drug-likeness (QED) is 0.250. The number of thiazole rings is 1. The zero-order chi connectivity index (χ0) is 26.4. The molecule has 12 heteroatoms. The average Bonchev–Trinajstić information content (AvgIpc) is 3.46. The molecule has 38 heavy (non-hydrogen) atoms. The monoisotopic (exact) mass is 538 g/mol. The Kier molecular flexibility index (Phi) is 5.90. The van der Waals surface area contributed by atoms with Gasteiger partial charge in [0.1, 0.15) is 17.8 Å². The highest BCUT2D eigenvalue weighted by Gasteiger charge is 2.31. The van der Waals surface area contributed by atoms with Crippen LogP contribution in [0, 0.1) is 5.92 Å². The van der Waals surface area contributed by atoms with E-state index < -0.39 is 11.7 Å². The van der Waals surface area contributed by atoms with Crippen molar-refractivity contribution in [1.29, 1.82) is 0 Å². The number of aromatic nitrogens is 4. The summed E-state index contributed by atoms with van der Waals surface area (Å²) in [5, 5.41) is 6.91. The minimum Gasteiger partial charge on any atom is -0.352 e. The number of hydrogen-bond acceptors (Lipinski definition) is 6. The van der Waals surface area contributed by atoms with Gasteiger partial charge in [-0.05, 0) is 60.7 Å². The number of hydrogen-bond donors (Lipinski definition) is 4. The van der Waals surface area contributed by atoms with Crippen LogP contribution >= 0.6 is 11.3 Å². The Labute approximate surface area is 217 Å². The van der Waals surface area contributed by atoms with Crippen molar-refractivity contribution in [3.63, 3.8) is 0 Å². The number of halogens is 3. The van der Waals surface area contributed by atoms with Crippen molar-refractivity contribution in [3.05, 3.63) is 80.8 Å².